The Balaban J connectivity index is 1.96. The predicted molar refractivity (Wildman–Crippen MR) is 47.9 cm³/mol. The van der Waals surface area contributed by atoms with Crippen LogP contribution in [0.2, 0.25) is 0 Å². The summed E-state index contributed by atoms with van der Waals surface area (Å²) < 4.78 is 5.18. The smallest absolute Gasteiger partial charge is 0.236 e. The summed E-state index contributed by atoms with van der Waals surface area (Å²) in [4.78, 5) is 11.2. The third-order valence-electron chi connectivity index (χ3n) is 2.80. The summed E-state index contributed by atoms with van der Waals surface area (Å²) in [6.07, 6.45) is 2.89. The van der Waals surface area contributed by atoms with Gasteiger partial charge in [-0.3, -0.25) is 10.2 Å². The Labute approximate surface area is 78.2 Å². The summed E-state index contributed by atoms with van der Waals surface area (Å²) in [5.41, 5.74) is 2.90. The molecule has 0 radical (unpaired) electrons. The zero-order chi connectivity index (χ0) is 9.31. The Morgan fingerprint density at radius 3 is 2.92 bits per heavy atom. The van der Waals surface area contributed by atoms with E-state index < -0.39 is 0 Å². The van der Waals surface area contributed by atoms with Crippen LogP contribution in [0, 0.1) is 0 Å². The minimum atomic E-state index is 0.00620. The Kier molecular flexibility index (Phi) is 2.26. The second-order valence-electron chi connectivity index (χ2n) is 3.93. The average molecular weight is 184 g/mol. The van der Waals surface area contributed by atoms with Crippen LogP contribution in [-0.4, -0.2) is 36.2 Å². The molecule has 0 saturated carbocycles. The van der Waals surface area contributed by atoms with E-state index in [1.54, 1.807) is 0 Å². The van der Waals surface area contributed by atoms with Gasteiger partial charge in [0.1, 0.15) is 0 Å². The number of rotatable bonds is 3. The van der Waals surface area contributed by atoms with Gasteiger partial charge in [0.2, 0.25) is 5.91 Å². The van der Waals surface area contributed by atoms with E-state index >= 15 is 0 Å². The average Bonchev–Trinajstić information content (AvgIpc) is 2.38. The molecule has 2 rings (SSSR count). The van der Waals surface area contributed by atoms with E-state index in [1.807, 2.05) is 0 Å². The molecule has 0 aromatic heterocycles. The van der Waals surface area contributed by atoms with Crippen molar-refractivity contribution in [1.29, 1.82) is 0 Å². The van der Waals surface area contributed by atoms with Crippen LogP contribution in [0.1, 0.15) is 26.2 Å². The molecule has 1 amide bonds. The first-order valence-electron chi connectivity index (χ1n) is 4.92. The number of unbranched alkanes of at least 4 members (excludes halogenated alkanes) is 1. The van der Waals surface area contributed by atoms with Crippen LogP contribution < -0.4 is 5.43 Å². The highest BCUT2D eigenvalue weighted by Gasteiger charge is 2.50. The lowest BCUT2D eigenvalue weighted by Gasteiger charge is -2.43. The van der Waals surface area contributed by atoms with Crippen molar-refractivity contribution in [2.24, 2.45) is 0 Å². The summed E-state index contributed by atoms with van der Waals surface area (Å²) in [5, 5.41) is 2.07. The van der Waals surface area contributed by atoms with E-state index in [0.717, 1.165) is 19.4 Å². The molecule has 0 atom stereocenters. The number of ether oxygens (including phenoxy) is 1. The molecule has 74 valence electrons. The van der Waals surface area contributed by atoms with Crippen molar-refractivity contribution in [2.45, 2.75) is 31.7 Å². The first-order chi connectivity index (χ1) is 6.27. The molecule has 1 N–H and O–H groups in total. The van der Waals surface area contributed by atoms with Crippen molar-refractivity contribution in [3.05, 3.63) is 0 Å². The van der Waals surface area contributed by atoms with E-state index in [-0.39, 0.29) is 11.4 Å². The maximum atomic E-state index is 11.2. The molecule has 4 nitrogen and oxygen atoms in total. The van der Waals surface area contributed by atoms with Crippen molar-refractivity contribution in [1.82, 2.24) is 10.4 Å². The highest BCUT2D eigenvalue weighted by Crippen LogP contribution is 2.31. The fourth-order valence-corrected chi connectivity index (χ4v) is 1.91. The second kappa shape index (κ2) is 3.27. The lowest BCUT2D eigenvalue weighted by atomic mass is 9.93. The molecular formula is C9H16N2O2. The van der Waals surface area contributed by atoms with E-state index in [1.165, 1.54) is 0 Å². The first kappa shape index (κ1) is 8.97. The topological polar surface area (TPSA) is 41.6 Å². The molecule has 1 spiro atoms. The van der Waals surface area contributed by atoms with Crippen LogP contribution in [-0.2, 0) is 9.53 Å². The number of hydrazine groups is 1. The standard InChI is InChI=1S/C9H16N2O2/c1-2-3-4-11-9(6-13-7-9)5-8(12)10-11/h2-7H2,1H3,(H,10,12). The third-order valence-corrected chi connectivity index (χ3v) is 2.80. The van der Waals surface area contributed by atoms with Crippen molar-refractivity contribution in [2.75, 3.05) is 19.8 Å². The van der Waals surface area contributed by atoms with Gasteiger partial charge in [0.15, 0.2) is 0 Å². The molecule has 2 aliphatic rings. The van der Waals surface area contributed by atoms with Crippen molar-refractivity contribution >= 4 is 5.91 Å². The lowest BCUT2D eigenvalue weighted by molar-refractivity contribution is -0.134. The zero-order valence-corrected chi connectivity index (χ0v) is 8.01. The van der Waals surface area contributed by atoms with Crippen molar-refractivity contribution < 1.29 is 9.53 Å². The van der Waals surface area contributed by atoms with Gasteiger partial charge < -0.3 is 4.74 Å². The fraction of sp³-hybridized carbons (Fsp3) is 0.889. The predicted octanol–water partition coefficient (Wildman–Crippen LogP) is 0.292. The van der Waals surface area contributed by atoms with Crippen molar-refractivity contribution in [3.8, 4) is 0 Å². The minimum absolute atomic E-state index is 0.00620. The number of carbonyl (C=O) groups is 1. The normalized spacial score (nSPS) is 26.1. The summed E-state index contributed by atoms with van der Waals surface area (Å²) in [6, 6.07) is 0. The monoisotopic (exact) mass is 184 g/mol. The fourth-order valence-electron chi connectivity index (χ4n) is 1.91. The van der Waals surface area contributed by atoms with Gasteiger partial charge in [-0.05, 0) is 6.42 Å². The molecule has 2 fully saturated rings. The molecule has 4 heteroatoms. The number of nitrogens with one attached hydrogen (secondary N) is 1. The Morgan fingerprint density at radius 1 is 1.62 bits per heavy atom. The molecular weight excluding hydrogens is 168 g/mol. The van der Waals surface area contributed by atoms with E-state index in [9.17, 15) is 4.79 Å². The summed E-state index contributed by atoms with van der Waals surface area (Å²) in [7, 11) is 0. The largest absolute Gasteiger partial charge is 0.377 e. The lowest BCUT2D eigenvalue weighted by Crippen LogP contribution is -2.61. The van der Waals surface area contributed by atoms with Gasteiger partial charge in [-0.15, -0.1) is 0 Å². The molecule has 13 heavy (non-hydrogen) atoms. The SMILES string of the molecule is CCCCN1NC(=O)CC12COC2. The number of nitrogens with zero attached hydrogens (tertiary/aromatic N) is 1. The van der Waals surface area contributed by atoms with E-state index in [0.29, 0.717) is 19.6 Å². The molecule has 0 aromatic rings. The Bertz CT molecular complexity index is 214. The molecule has 0 bridgehead atoms. The summed E-state index contributed by atoms with van der Waals surface area (Å²) in [6.45, 7) is 4.51. The van der Waals surface area contributed by atoms with Crippen LogP contribution in [0.25, 0.3) is 0 Å². The molecule has 2 aliphatic heterocycles. The highest BCUT2D eigenvalue weighted by atomic mass is 16.5. The van der Waals surface area contributed by atoms with Gasteiger partial charge in [-0.1, -0.05) is 13.3 Å². The maximum Gasteiger partial charge on any atom is 0.236 e. The van der Waals surface area contributed by atoms with E-state index in [4.69, 9.17) is 4.74 Å². The van der Waals surface area contributed by atoms with Crippen LogP contribution >= 0.6 is 0 Å². The third kappa shape index (κ3) is 1.44. The number of amides is 1. The number of hydrogen-bond donors (Lipinski definition) is 1. The number of carbonyl (C=O) groups excluding carboxylic acids is 1. The maximum absolute atomic E-state index is 11.2. The van der Waals surface area contributed by atoms with Crippen LogP contribution in [0.4, 0.5) is 0 Å². The van der Waals surface area contributed by atoms with Crippen LogP contribution in [0.5, 0.6) is 0 Å². The van der Waals surface area contributed by atoms with Gasteiger partial charge in [-0.25, -0.2) is 5.01 Å². The van der Waals surface area contributed by atoms with Gasteiger partial charge in [0.25, 0.3) is 0 Å². The Hall–Kier alpha value is -0.610. The number of hydrogen-bond acceptors (Lipinski definition) is 3. The van der Waals surface area contributed by atoms with Gasteiger partial charge in [0, 0.05) is 6.54 Å². The van der Waals surface area contributed by atoms with Crippen molar-refractivity contribution in [3.63, 3.8) is 0 Å². The van der Waals surface area contributed by atoms with Crippen LogP contribution in [0.15, 0.2) is 0 Å². The Morgan fingerprint density at radius 2 is 2.38 bits per heavy atom. The minimum Gasteiger partial charge on any atom is -0.377 e. The first-order valence-corrected chi connectivity index (χ1v) is 4.92. The summed E-state index contributed by atoms with van der Waals surface area (Å²) in [5.74, 6) is 0.138. The molecule has 0 aromatic carbocycles. The van der Waals surface area contributed by atoms with Gasteiger partial charge >= 0.3 is 0 Å². The van der Waals surface area contributed by atoms with Gasteiger partial charge in [-0.2, -0.15) is 0 Å². The van der Waals surface area contributed by atoms with Crippen LogP contribution in [0.3, 0.4) is 0 Å². The molecule has 2 saturated heterocycles. The molecule has 0 unspecified atom stereocenters. The second-order valence-corrected chi connectivity index (χ2v) is 3.93. The summed E-state index contributed by atoms with van der Waals surface area (Å²) >= 11 is 0. The molecule has 0 aliphatic carbocycles. The quantitative estimate of drug-likeness (QED) is 0.685. The highest BCUT2D eigenvalue weighted by molar-refractivity contribution is 5.79. The van der Waals surface area contributed by atoms with Gasteiger partial charge in [0.05, 0.1) is 25.2 Å². The zero-order valence-electron chi connectivity index (χ0n) is 8.01. The molecule has 2 heterocycles. The van der Waals surface area contributed by atoms with E-state index in [2.05, 4.69) is 17.4 Å².